The number of benzene rings is 1. The highest BCUT2D eigenvalue weighted by atomic mass is 32.2. The van der Waals surface area contributed by atoms with Crippen molar-refractivity contribution in [1.29, 1.82) is 0 Å². The summed E-state index contributed by atoms with van der Waals surface area (Å²) in [5, 5.41) is 9.13. The lowest BCUT2D eigenvalue weighted by atomic mass is 9.85. The lowest BCUT2D eigenvalue weighted by molar-refractivity contribution is -0.274. The maximum Gasteiger partial charge on any atom is 0.573 e. The molecule has 0 aliphatic carbocycles. The molecule has 9 heteroatoms. The fourth-order valence-electron chi connectivity index (χ4n) is 3.52. The van der Waals surface area contributed by atoms with Gasteiger partial charge in [-0.05, 0) is 43.9 Å². The van der Waals surface area contributed by atoms with E-state index in [1.807, 2.05) is 0 Å². The highest BCUT2D eigenvalue weighted by Gasteiger charge is 2.54. The largest absolute Gasteiger partial charge is 0.573 e. The molecule has 128 valence electrons. The molecule has 2 unspecified atom stereocenters. The minimum absolute atomic E-state index is 0.224. The SMILES string of the molecule is O=S1(=O)C2CCC1CC(O)(c1cc(OC(F)(F)F)ccc1F)C2. The van der Waals surface area contributed by atoms with Gasteiger partial charge in [0.05, 0.1) is 16.1 Å². The molecule has 2 fully saturated rings. The number of aliphatic hydroxyl groups is 1. The summed E-state index contributed by atoms with van der Waals surface area (Å²) in [5.41, 5.74) is -2.17. The number of hydrogen-bond acceptors (Lipinski definition) is 4. The Morgan fingerprint density at radius 1 is 1.17 bits per heavy atom. The summed E-state index contributed by atoms with van der Waals surface area (Å²) < 4.78 is 78.8. The zero-order chi connectivity index (χ0) is 17.0. The fourth-order valence-corrected chi connectivity index (χ4v) is 6.01. The lowest BCUT2D eigenvalue weighted by Gasteiger charge is -2.36. The third-order valence-corrected chi connectivity index (χ3v) is 7.21. The third-order valence-electron chi connectivity index (χ3n) is 4.54. The van der Waals surface area contributed by atoms with Gasteiger partial charge >= 0.3 is 6.36 Å². The predicted molar refractivity (Wildman–Crippen MR) is 71.9 cm³/mol. The molecule has 0 saturated carbocycles. The monoisotopic (exact) mass is 354 g/mol. The first kappa shape index (κ1) is 16.5. The van der Waals surface area contributed by atoms with E-state index in [-0.39, 0.29) is 18.4 Å². The molecule has 1 aromatic carbocycles. The summed E-state index contributed by atoms with van der Waals surface area (Å²) in [7, 11) is -3.35. The molecule has 2 aliphatic rings. The van der Waals surface area contributed by atoms with Crippen molar-refractivity contribution in [3.05, 3.63) is 29.6 Å². The number of halogens is 4. The van der Waals surface area contributed by atoms with Gasteiger partial charge in [0.1, 0.15) is 11.6 Å². The molecule has 1 N–H and O–H groups in total. The maximum atomic E-state index is 14.1. The van der Waals surface area contributed by atoms with Gasteiger partial charge in [0.15, 0.2) is 9.84 Å². The van der Waals surface area contributed by atoms with Crippen LogP contribution in [0.15, 0.2) is 18.2 Å². The molecular formula is C14H14F4O4S. The Morgan fingerprint density at radius 3 is 2.26 bits per heavy atom. The number of alkyl halides is 3. The van der Waals surface area contributed by atoms with E-state index in [1.165, 1.54) is 0 Å². The third kappa shape index (κ3) is 2.91. The summed E-state index contributed by atoms with van der Waals surface area (Å²) in [5.74, 6) is -1.54. The van der Waals surface area contributed by atoms with Crippen LogP contribution in [-0.2, 0) is 15.4 Å². The summed E-state index contributed by atoms with van der Waals surface area (Å²) >= 11 is 0. The van der Waals surface area contributed by atoms with Crippen molar-refractivity contribution in [3.63, 3.8) is 0 Å². The zero-order valence-electron chi connectivity index (χ0n) is 11.8. The lowest BCUT2D eigenvalue weighted by Crippen LogP contribution is -2.43. The first-order chi connectivity index (χ1) is 10.5. The first-order valence-corrected chi connectivity index (χ1v) is 8.63. The van der Waals surface area contributed by atoms with Gasteiger partial charge in [-0.15, -0.1) is 13.2 Å². The zero-order valence-corrected chi connectivity index (χ0v) is 12.6. The molecule has 0 spiro atoms. The highest BCUT2D eigenvalue weighted by Crippen LogP contribution is 2.48. The normalized spacial score (nSPS) is 32.7. The molecule has 2 atom stereocenters. The number of fused-ring (bicyclic) bond motifs is 2. The van der Waals surface area contributed by atoms with Crippen LogP contribution in [0.4, 0.5) is 17.6 Å². The van der Waals surface area contributed by atoms with Crippen LogP contribution < -0.4 is 4.74 Å². The van der Waals surface area contributed by atoms with Crippen LogP contribution >= 0.6 is 0 Å². The number of ether oxygens (including phenoxy) is 1. The van der Waals surface area contributed by atoms with Crippen molar-refractivity contribution in [3.8, 4) is 5.75 Å². The second-order valence-electron chi connectivity index (χ2n) is 6.04. The summed E-state index contributed by atoms with van der Waals surface area (Å²) in [6.07, 6.45) is -4.64. The second kappa shape index (κ2) is 5.07. The number of hydrogen-bond donors (Lipinski definition) is 1. The van der Waals surface area contributed by atoms with Crippen LogP contribution in [0, 0.1) is 5.82 Å². The molecule has 1 aromatic rings. The van der Waals surface area contributed by atoms with E-state index in [0.717, 1.165) is 18.2 Å². The van der Waals surface area contributed by atoms with Crippen LogP contribution in [0.1, 0.15) is 31.2 Å². The molecule has 3 rings (SSSR count). The van der Waals surface area contributed by atoms with E-state index in [9.17, 15) is 31.1 Å². The Balaban J connectivity index is 1.97. The Labute approximate surface area is 130 Å². The van der Waals surface area contributed by atoms with Crippen LogP contribution in [0.3, 0.4) is 0 Å². The molecule has 2 heterocycles. The van der Waals surface area contributed by atoms with Crippen LogP contribution in [-0.4, -0.2) is 30.4 Å². The molecule has 2 saturated heterocycles. The second-order valence-corrected chi connectivity index (χ2v) is 8.55. The Hall–Kier alpha value is -1.35. The van der Waals surface area contributed by atoms with Gasteiger partial charge in [-0.3, -0.25) is 0 Å². The van der Waals surface area contributed by atoms with Crippen molar-refractivity contribution >= 4 is 9.84 Å². The van der Waals surface area contributed by atoms with Crippen molar-refractivity contribution in [2.24, 2.45) is 0 Å². The van der Waals surface area contributed by atoms with E-state index in [4.69, 9.17) is 0 Å². The van der Waals surface area contributed by atoms with Crippen LogP contribution in [0.2, 0.25) is 0 Å². The van der Waals surface area contributed by atoms with Crippen molar-refractivity contribution in [1.82, 2.24) is 0 Å². The van der Waals surface area contributed by atoms with Crippen LogP contribution in [0.25, 0.3) is 0 Å². The van der Waals surface area contributed by atoms with Gasteiger partial charge in [-0.25, -0.2) is 12.8 Å². The van der Waals surface area contributed by atoms with Crippen LogP contribution in [0.5, 0.6) is 5.75 Å². The quantitative estimate of drug-likeness (QED) is 0.830. The predicted octanol–water partition coefficient (Wildman–Crippen LogP) is 2.65. The van der Waals surface area contributed by atoms with Crippen molar-refractivity contribution < 1.29 is 35.8 Å². The van der Waals surface area contributed by atoms with Gasteiger partial charge in [0, 0.05) is 5.56 Å². The van der Waals surface area contributed by atoms with E-state index in [0.29, 0.717) is 12.8 Å². The highest BCUT2D eigenvalue weighted by molar-refractivity contribution is 7.93. The molecular weight excluding hydrogens is 340 g/mol. The molecule has 0 amide bonds. The molecule has 4 nitrogen and oxygen atoms in total. The Kier molecular flexibility index (Phi) is 3.64. The van der Waals surface area contributed by atoms with Crippen molar-refractivity contribution in [2.75, 3.05) is 0 Å². The maximum absolute atomic E-state index is 14.1. The minimum atomic E-state index is -4.94. The van der Waals surface area contributed by atoms with E-state index >= 15 is 0 Å². The number of sulfone groups is 1. The first-order valence-electron chi connectivity index (χ1n) is 7.02. The van der Waals surface area contributed by atoms with Gasteiger partial charge in [0.25, 0.3) is 0 Å². The van der Waals surface area contributed by atoms with Gasteiger partial charge in [0.2, 0.25) is 0 Å². The van der Waals surface area contributed by atoms with E-state index in [1.54, 1.807) is 0 Å². The van der Waals surface area contributed by atoms with E-state index < -0.39 is 43.9 Å². The summed E-state index contributed by atoms with van der Waals surface area (Å²) in [4.78, 5) is 0. The molecule has 0 aromatic heterocycles. The number of rotatable bonds is 2. The molecule has 23 heavy (non-hydrogen) atoms. The smallest absolute Gasteiger partial charge is 0.406 e. The average molecular weight is 354 g/mol. The topological polar surface area (TPSA) is 63.6 Å². The minimum Gasteiger partial charge on any atom is -0.406 e. The molecule has 2 aliphatic heterocycles. The molecule has 0 radical (unpaired) electrons. The van der Waals surface area contributed by atoms with Gasteiger partial charge in [-0.1, -0.05) is 0 Å². The Bertz CT molecular complexity index is 709. The molecule has 2 bridgehead atoms. The summed E-state index contributed by atoms with van der Waals surface area (Å²) in [6, 6.07) is 2.38. The Morgan fingerprint density at radius 2 is 1.74 bits per heavy atom. The average Bonchev–Trinajstić information content (AvgIpc) is 2.60. The van der Waals surface area contributed by atoms with E-state index in [2.05, 4.69) is 4.74 Å². The standard InChI is InChI=1S/C14H14F4O4S/c15-12-4-1-8(22-14(16,17)18)5-11(12)13(19)6-9-2-3-10(7-13)23(9,20)21/h1,4-5,9-10,19H,2-3,6-7H2. The van der Waals surface area contributed by atoms with Gasteiger partial charge < -0.3 is 9.84 Å². The fraction of sp³-hybridized carbons (Fsp3) is 0.571. The van der Waals surface area contributed by atoms with Gasteiger partial charge in [-0.2, -0.15) is 0 Å². The van der Waals surface area contributed by atoms with Crippen molar-refractivity contribution in [2.45, 2.75) is 48.1 Å². The summed E-state index contributed by atoms with van der Waals surface area (Å²) in [6.45, 7) is 0.